The molecule has 2 heterocycles. The zero-order valence-corrected chi connectivity index (χ0v) is 10.5. The maximum atomic E-state index is 11.5. The highest BCUT2D eigenvalue weighted by atomic mass is 16.7. The van der Waals surface area contributed by atoms with Crippen LogP contribution in [0.25, 0.3) is 0 Å². The Kier molecular flexibility index (Phi) is 4.31. The van der Waals surface area contributed by atoms with Crippen LogP contribution in [-0.2, 0) is 16.0 Å². The number of aromatic amines is 1. The van der Waals surface area contributed by atoms with Crippen LogP contribution < -0.4 is 11.2 Å². The van der Waals surface area contributed by atoms with E-state index in [1.165, 1.54) is 10.8 Å². The van der Waals surface area contributed by atoms with E-state index in [0.717, 1.165) is 0 Å². The van der Waals surface area contributed by atoms with Gasteiger partial charge in [-0.2, -0.15) is 0 Å². The number of nitrogens with zero attached hydrogens (tertiary/aromatic N) is 1. The fraction of sp³-hybridized carbons (Fsp3) is 0.500. The molecule has 0 bridgehead atoms. The molecule has 0 saturated carbocycles. The van der Waals surface area contributed by atoms with E-state index in [0.29, 0.717) is 12.1 Å². The van der Waals surface area contributed by atoms with E-state index in [2.05, 4.69) is 4.98 Å². The average Bonchev–Trinajstić information content (AvgIpc) is 2.83. The van der Waals surface area contributed by atoms with Crippen molar-refractivity contribution in [1.82, 2.24) is 9.55 Å². The number of rotatable bonds is 5. The van der Waals surface area contributed by atoms with Crippen molar-refractivity contribution in [3.63, 3.8) is 0 Å². The number of aliphatic hydroxyl groups is 1. The van der Waals surface area contributed by atoms with Crippen molar-refractivity contribution < 1.29 is 14.6 Å². The quantitative estimate of drug-likeness (QED) is 0.677. The van der Waals surface area contributed by atoms with Crippen molar-refractivity contribution in [2.24, 2.45) is 0 Å². The van der Waals surface area contributed by atoms with Crippen molar-refractivity contribution in [2.45, 2.75) is 25.9 Å². The lowest BCUT2D eigenvalue weighted by atomic mass is 10.4. The Balaban J connectivity index is 1.87. The van der Waals surface area contributed by atoms with E-state index in [1.807, 2.05) is 0 Å². The normalized spacial score (nSPS) is 22.0. The second kappa shape index (κ2) is 5.96. The first kappa shape index (κ1) is 13.7. The molecule has 0 spiro atoms. The Labute approximate surface area is 109 Å². The fourth-order valence-corrected chi connectivity index (χ4v) is 1.73. The van der Waals surface area contributed by atoms with Gasteiger partial charge in [-0.1, -0.05) is 6.08 Å². The van der Waals surface area contributed by atoms with Crippen LogP contribution in [0.4, 0.5) is 0 Å². The summed E-state index contributed by atoms with van der Waals surface area (Å²) in [5.74, 6) is 0. The molecule has 1 aliphatic rings. The van der Waals surface area contributed by atoms with Gasteiger partial charge in [0.25, 0.3) is 5.56 Å². The van der Waals surface area contributed by atoms with Crippen LogP contribution in [0.2, 0.25) is 0 Å². The summed E-state index contributed by atoms with van der Waals surface area (Å²) in [7, 11) is 0. The van der Waals surface area contributed by atoms with E-state index < -0.39 is 12.0 Å². The number of aromatic nitrogens is 2. The second-order valence-corrected chi connectivity index (χ2v) is 4.25. The molecule has 1 aromatic heterocycles. The Morgan fingerprint density at radius 1 is 1.47 bits per heavy atom. The number of H-pyrrole nitrogens is 1. The maximum Gasteiger partial charge on any atom is 0.328 e. The monoisotopic (exact) mass is 268 g/mol. The van der Waals surface area contributed by atoms with Crippen molar-refractivity contribution in [3.05, 3.63) is 44.8 Å². The standard InChI is InChI=1S/C12H16N2O5/c1-8-6-14(12(17)13-11(8)16)4-5-18-10-3-2-9(7-15)19-10/h2-3,6,9-10,15H,4-5,7H2,1H3,(H,13,16,17)/t9-,10+/m0/s1. The molecule has 0 fully saturated rings. The molecule has 2 rings (SSSR count). The first-order valence-electron chi connectivity index (χ1n) is 5.97. The molecule has 0 amide bonds. The summed E-state index contributed by atoms with van der Waals surface area (Å²) in [6, 6.07) is 0. The highest BCUT2D eigenvalue weighted by Crippen LogP contribution is 2.11. The molecule has 0 radical (unpaired) electrons. The van der Waals surface area contributed by atoms with Gasteiger partial charge in [0.2, 0.25) is 0 Å². The van der Waals surface area contributed by atoms with Gasteiger partial charge >= 0.3 is 5.69 Å². The molecule has 7 nitrogen and oxygen atoms in total. The van der Waals surface area contributed by atoms with Gasteiger partial charge in [0.1, 0.15) is 6.10 Å². The van der Waals surface area contributed by atoms with Gasteiger partial charge in [0.15, 0.2) is 6.29 Å². The first-order chi connectivity index (χ1) is 9.10. The lowest BCUT2D eigenvalue weighted by Gasteiger charge is -2.13. The summed E-state index contributed by atoms with van der Waals surface area (Å²) < 4.78 is 12.1. The van der Waals surface area contributed by atoms with E-state index in [1.54, 1.807) is 19.1 Å². The first-order valence-corrected chi connectivity index (χ1v) is 5.97. The summed E-state index contributed by atoms with van der Waals surface area (Å²) in [6.45, 7) is 2.12. The van der Waals surface area contributed by atoms with Crippen LogP contribution in [0.3, 0.4) is 0 Å². The number of hydrogen-bond acceptors (Lipinski definition) is 5. The molecule has 7 heteroatoms. The third-order valence-corrected chi connectivity index (χ3v) is 2.78. The van der Waals surface area contributed by atoms with Gasteiger partial charge in [0, 0.05) is 11.8 Å². The van der Waals surface area contributed by atoms with E-state index >= 15 is 0 Å². The van der Waals surface area contributed by atoms with Gasteiger partial charge in [-0.05, 0) is 13.0 Å². The molecule has 0 aliphatic carbocycles. The molecule has 0 saturated heterocycles. The Hall–Kier alpha value is -1.70. The molecule has 0 unspecified atom stereocenters. The van der Waals surface area contributed by atoms with Gasteiger partial charge in [0.05, 0.1) is 19.8 Å². The summed E-state index contributed by atoms with van der Waals surface area (Å²) >= 11 is 0. The lowest BCUT2D eigenvalue weighted by Crippen LogP contribution is -2.32. The van der Waals surface area contributed by atoms with Crippen molar-refractivity contribution >= 4 is 0 Å². The second-order valence-electron chi connectivity index (χ2n) is 4.25. The van der Waals surface area contributed by atoms with E-state index in [-0.39, 0.29) is 24.9 Å². The van der Waals surface area contributed by atoms with Gasteiger partial charge in [-0.25, -0.2) is 4.79 Å². The topological polar surface area (TPSA) is 93.6 Å². The maximum absolute atomic E-state index is 11.5. The predicted molar refractivity (Wildman–Crippen MR) is 66.9 cm³/mol. The summed E-state index contributed by atoms with van der Waals surface area (Å²) in [6.07, 6.45) is 4.09. The van der Waals surface area contributed by atoms with Gasteiger partial charge < -0.3 is 14.6 Å². The number of aryl methyl sites for hydroxylation is 1. The number of nitrogens with one attached hydrogen (secondary N) is 1. The Morgan fingerprint density at radius 2 is 2.26 bits per heavy atom. The minimum absolute atomic E-state index is 0.0884. The summed E-state index contributed by atoms with van der Waals surface area (Å²) in [5.41, 5.74) is -0.373. The van der Waals surface area contributed by atoms with Crippen LogP contribution in [0.1, 0.15) is 5.56 Å². The third kappa shape index (κ3) is 3.40. The molecule has 1 aliphatic heterocycles. The highest BCUT2D eigenvalue weighted by Gasteiger charge is 2.18. The molecule has 2 atom stereocenters. The molecule has 19 heavy (non-hydrogen) atoms. The van der Waals surface area contributed by atoms with Crippen LogP contribution in [0.5, 0.6) is 0 Å². The largest absolute Gasteiger partial charge is 0.393 e. The van der Waals surface area contributed by atoms with Gasteiger partial charge in [-0.15, -0.1) is 0 Å². The van der Waals surface area contributed by atoms with E-state index in [9.17, 15) is 9.59 Å². The molecular weight excluding hydrogens is 252 g/mol. The molecule has 0 aromatic carbocycles. The minimum atomic E-state index is -0.503. The smallest absolute Gasteiger partial charge is 0.328 e. The van der Waals surface area contributed by atoms with Crippen molar-refractivity contribution in [1.29, 1.82) is 0 Å². The highest BCUT2D eigenvalue weighted by molar-refractivity contribution is 5.01. The molecule has 2 N–H and O–H groups in total. The Bertz CT molecular complexity index is 574. The molecule has 1 aromatic rings. The van der Waals surface area contributed by atoms with Gasteiger partial charge in [-0.3, -0.25) is 14.3 Å². The summed E-state index contributed by atoms with van der Waals surface area (Å²) in [5, 5.41) is 8.87. The SMILES string of the molecule is Cc1cn(CCO[C@H]2C=C[C@@H](CO)O2)c(=O)[nH]c1=O. The Morgan fingerprint density at radius 3 is 2.95 bits per heavy atom. The fourth-order valence-electron chi connectivity index (χ4n) is 1.73. The van der Waals surface area contributed by atoms with Crippen LogP contribution in [0.15, 0.2) is 27.9 Å². The number of ether oxygens (including phenoxy) is 2. The summed E-state index contributed by atoms with van der Waals surface area (Å²) in [4.78, 5) is 24.9. The zero-order valence-electron chi connectivity index (χ0n) is 10.5. The van der Waals surface area contributed by atoms with Crippen molar-refractivity contribution in [2.75, 3.05) is 13.2 Å². The minimum Gasteiger partial charge on any atom is -0.393 e. The zero-order chi connectivity index (χ0) is 13.8. The van der Waals surface area contributed by atoms with Crippen LogP contribution in [-0.4, -0.2) is 40.3 Å². The lowest BCUT2D eigenvalue weighted by molar-refractivity contribution is -0.127. The van der Waals surface area contributed by atoms with Crippen molar-refractivity contribution in [3.8, 4) is 0 Å². The third-order valence-electron chi connectivity index (χ3n) is 2.78. The molecule has 104 valence electrons. The number of hydrogen-bond donors (Lipinski definition) is 2. The molecular formula is C12H16N2O5. The average molecular weight is 268 g/mol. The van der Waals surface area contributed by atoms with Crippen LogP contribution in [0, 0.1) is 6.92 Å². The van der Waals surface area contributed by atoms with E-state index in [4.69, 9.17) is 14.6 Å². The van der Waals surface area contributed by atoms with Crippen LogP contribution >= 0.6 is 0 Å². The predicted octanol–water partition coefficient (Wildman–Crippen LogP) is -0.865. The number of aliphatic hydroxyl groups excluding tert-OH is 1.